The molecule has 3 unspecified atom stereocenters. The Morgan fingerprint density at radius 1 is 1.29 bits per heavy atom. The normalized spacial score (nSPS) is 25.4. The molecule has 1 aromatic rings. The van der Waals surface area contributed by atoms with Crippen LogP contribution in [-0.4, -0.2) is 53.1 Å². The smallest absolute Gasteiger partial charge is 0.407 e. The van der Waals surface area contributed by atoms with Crippen molar-refractivity contribution in [2.75, 3.05) is 19.7 Å². The van der Waals surface area contributed by atoms with E-state index in [0.717, 1.165) is 5.56 Å². The van der Waals surface area contributed by atoms with E-state index in [1.54, 1.807) is 18.2 Å². The summed E-state index contributed by atoms with van der Waals surface area (Å²) in [6.07, 6.45) is -1.84. The van der Waals surface area contributed by atoms with E-state index in [0.29, 0.717) is 10.0 Å². The Hall–Kier alpha value is -1.01. The van der Waals surface area contributed by atoms with Crippen molar-refractivity contribution in [3.05, 3.63) is 33.8 Å². The molecule has 7 heteroatoms. The highest BCUT2D eigenvalue weighted by molar-refractivity contribution is 6.42. The van der Waals surface area contributed by atoms with Crippen molar-refractivity contribution < 1.29 is 19.7 Å². The number of hydrogen-bond donors (Lipinski definition) is 2. The fourth-order valence-electron chi connectivity index (χ4n) is 2.85. The number of hydrogen-bond acceptors (Lipinski definition) is 3. The molecule has 0 aliphatic carbocycles. The predicted octanol–water partition coefficient (Wildman–Crippen LogP) is 3.86. The Morgan fingerprint density at radius 3 is 2.46 bits per heavy atom. The van der Waals surface area contributed by atoms with Gasteiger partial charge in [0.15, 0.2) is 0 Å². The summed E-state index contributed by atoms with van der Waals surface area (Å²) in [6, 6.07) is 5.17. The lowest BCUT2D eigenvalue weighted by Crippen LogP contribution is -2.42. The maximum atomic E-state index is 11.6. The number of carbonyl (C=O) groups is 1. The molecule has 1 fully saturated rings. The molecule has 1 saturated heterocycles. The van der Waals surface area contributed by atoms with Crippen LogP contribution in [0.4, 0.5) is 4.79 Å². The minimum absolute atomic E-state index is 0.203. The van der Waals surface area contributed by atoms with Crippen LogP contribution in [0.2, 0.25) is 10.0 Å². The zero-order chi connectivity index (χ0) is 18.1. The Balaban J connectivity index is 2.41. The van der Waals surface area contributed by atoms with Crippen LogP contribution in [0.5, 0.6) is 0 Å². The summed E-state index contributed by atoms with van der Waals surface area (Å²) in [5, 5.41) is 20.2. The number of aliphatic hydroxyl groups excluding tert-OH is 1. The van der Waals surface area contributed by atoms with Crippen LogP contribution in [-0.2, 0) is 4.74 Å². The molecule has 3 atom stereocenters. The van der Waals surface area contributed by atoms with Crippen molar-refractivity contribution >= 4 is 29.3 Å². The van der Waals surface area contributed by atoms with Gasteiger partial charge in [-0.1, -0.05) is 50.0 Å². The summed E-state index contributed by atoms with van der Waals surface area (Å²) < 4.78 is 6.11. The second kappa shape index (κ2) is 7.48. The first-order chi connectivity index (χ1) is 11.1. The summed E-state index contributed by atoms with van der Waals surface area (Å²) in [5.41, 5.74) is 0.539. The number of rotatable bonds is 2. The molecule has 0 spiro atoms. The van der Waals surface area contributed by atoms with Gasteiger partial charge in [0.05, 0.1) is 35.4 Å². The van der Waals surface area contributed by atoms with E-state index < -0.39 is 12.2 Å². The van der Waals surface area contributed by atoms with E-state index in [1.807, 2.05) is 20.8 Å². The highest BCUT2D eigenvalue weighted by Gasteiger charge is 2.39. The molecule has 0 bridgehead atoms. The first-order valence-corrected chi connectivity index (χ1v) is 8.58. The van der Waals surface area contributed by atoms with E-state index in [1.165, 1.54) is 4.90 Å². The zero-order valence-electron chi connectivity index (χ0n) is 14.0. The van der Waals surface area contributed by atoms with Crippen LogP contribution in [0.15, 0.2) is 18.2 Å². The molecule has 0 radical (unpaired) electrons. The van der Waals surface area contributed by atoms with Gasteiger partial charge in [-0.25, -0.2) is 4.79 Å². The second-order valence-electron chi connectivity index (χ2n) is 7.18. The molecule has 1 aliphatic rings. The standard InChI is InChI=1S/C17H23Cl2NO4/c1-17(2,3)15-8-20(16(22)23)7-11(14(9-21)24-15)10-4-5-12(18)13(19)6-10/h4-6,11,14-15,21H,7-9H2,1-3H3,(H,22,23). The Morgan fingerprint density at radius 2 is 1.96 bits per heavy atom. The Kier molecular flexibility index (Phi) is 6.02. The summed E-state index contributed by atoms with van der Waals surface area (Å²) in [6.45, 7) is 6.26. The van der Waals surface area contributed by atoms with Crippen LogP contribution in [0.1, 0.15) is 32.3 Å². The Labute approximate surface area is 152 Å². The van der Waals surface area contributed by atoms with E-state index in [2.05, 4.69) is 0 Å². The zero-order valence-corrected chi connectivity index (χ0v) is 15.5. The molecule has 0 aromatic heterocycles. The molecule has 1 aromatic carbocycles. The number of ether oxygens (including phenoxy) is 1. The first kappa shape index (κ1) is 19.3. The highest BCUT2D eigenvalue weighted by Crippen LogP contribution is 2.35. The maximum Gasteiger partial charge on any atom is 0.407 e. The fourth-order valence-corrected chi connectivity index (χ4v) is 3.15. The largest absolute Gasteiger partial charge is 0.465 e. The van der Waals surface area contributed by atoms with Crippen molar-refractivity contribution in [1.82, 2.24) is 4.90 Å². The summed E-state index contributed by atoms with van der Waals surface area (Å²) >= 11 is 12.1. The van der Waals surface area contributed by atoms with E-state index in [9.17, 15) is 15.0 Å². The summed E-state index contributed by atoms with van der Waals surface area (Å²) in [5.74, 6) is -0.326. The second-order valence-corrected chi connectivity index (χ2v) is 7.99. The molecule has 2 rings (SSSR count). The first-order valence-electron chi connectivity index (χ1n) is 7.82. The molecule has 5 nitrogen and oxygen atoms in total. The molecular formula is C17H23Cl2NO4. The van der Waals surface area contributed by atoms with Crippen LogP contribution in [0.25, 0.3) is 0 Å². The molecule has 0 saturated carbocycles. The lowest BCUT2D eigenvalue weighted by molar-refractivity contribution is -0.0831. The SMILES string of the molecule is CC(C)(C)C1CN(C(=O)O)CC(c2ccc(Cl)c(Cl)c2)C(CO)O1. The van der Waals surface area contributed by atoms with Gasteiger partial charge in [-0.05, 0) is 23.1 Å². The molecule has 24 heavy (non-hydrogen) atoms. The number of carboxylic acid groups (broad SMARTS) is 1. The molecule has 1 aliphatic heterocycles. The molecular weight excluding hydrogens is 353 g/mol. The summed E-state index contributed by atoms with van der Waals surface area (Å²) in [7, 11) is 0. The van der Waals surface area contributed by atoms with E-state index >= 15 is 0 Å². The molecule has 1 heterocycles. The van der Waals surface area contributed by atoms with Gasteiger partial charge in [0, 0.05) is 12.5 Å². The fraction of sp³-hybridized carbons (Fsp3) is 0.588. The lowest BCUT2D eigenvalue weighted by atomic mass is 9.88. The number of aliphatic hydroxyl groups is 1. The van der Waals surface area contributed by atoms with Gasteiger partial charge in [-0.2, -0.15) is 0 Å². The topological polar surface area (TPSA) is 70.0 Å². The van der Waals surface area contributed by atoms with Gasteiger partial charge < -0.3 is 19.8 Å². The average molecular weight is 376 g/mol. The molecule has 1 amide bonds. The van der Waals surface area contributed by atoms with Crippen molar-refractivity contribution in [3.63, 3.8) is 0 Å². The highest BCUT2D eigenvalue weighted by atomic mass is 35.5. The van der Waals surface area contributed by atoms with Crippen molar-refractivity contribution in [2.45, 2.75) is 38.9 Å². The average Bonchev–Trinajstić information content (AvgIpc) is 2.69. The van der Waals surface area contributed by atoms with Gasteiger partial charge in [0.1, 0.15) is 0 Å². The third-order valence-corrected chi connectivity index (χ3v) is 5.12. The van der Waals surface area contributed by atoms with Gasteiger partial charge >= 0.3 is 6.09 Å². The van der Waals surface area contributed by atoms with Crippen molar-refractivity contribution in [3.8, 4) is 0 Å². The minimum Gasteiger partial charge on any atom is -0.465 e. The number of amides is 1. The van der Waals surface area contributed by atoms with E-state index in [-0.39, 0.29) is 37.1 Å². The van der Waals surface area contributed by atoms with Crippen LogP contribution in [0, 0.1) is 5.41 Å². The van der Waals surface area contributed by atoms with Crippen molar-refractivity contribution in [2.24, 2.45) is 5.41 Å². The third kappa shape index (κ3) is 4.33. The Bertz CT molecular complexity index is 603. The maximum absolute atomic E-state index is 11.6. The van der Waals surface area contributed by atoms with Crippen LogP contribution in [0.3, 0.4) is 0 Å². The number of benzene rings is 1. The van der Waals surface area contributed by atoms with Crippen LogP contribution >= 0.6 is 23.2 Å². The van der Waals surface area contributed by atoms with Gasteiger partial charge in [0.2, 0.25) is 0 Å². The predicted molar refractivity (Wildman–Crippen MR) is 94.0 cm³/mol. The monoisotopic (exact) mass is 375 g/mol. The number of nitrogens with zero attached hydrogens (tertiary/aromatic N) is 1. The van der Waals surface area contributed by atoms with Gasteiger partial charge in [-0.3, -0.25) is 0 Å². The van der Waals surface area contributed by atoms with Gasteiger partial charge in [0.25, 0.3) is 0 Å². The molecule has 134 valence electrons. The van der Waals surface area contributed by atoms with Crippen molar-refractivity contribution in [1.29, 1.82) is 0 Å². The summed E-state index contributed by atoms with van der Waals surface area (Å²) in [4.78, 5) is 13.0. The quantitative estimate of drug-likeness (QED) is 0.822. The lowest BCUT2D eigenvalue weighted by Gasteiger charge is -2.33. The minimum atomic E-state index is -1.00. The van der Waals surface area contributed by atoms with Gasteiger partial charge in [-0.15, -0.1) is 0 Å². The van der Waals surface area contributed by atoms with E-state index in [4.69, 9.17) is 27.9 Å². The van der Waals surface area contributed by atoms with Crippen LogP contribution < -0.4 is 0 Å². The number of halogens is 2. The third-order valence-electron chi connectivity index (χ3n) is 4.38. The molecule has 2 N–H and O–H groups in total.